The Kier molecular flexibility index (Phi) is 5.84. The lowest BCUT2D eigenvalue weighted by molar-refractivity contribution is -0.131. The molecule has 1 aromatic carbocycles. The minimum absolute atomic E-state index is 0.110. The molecule has 1 aromatic heterocycles. The number of halogens is 1. The van der Waals surface area contributed by atoms with Crippen LogP contribution in [-0.4, -0.2) is 39.3 Å². The summed E-state index contributed by atoms with van der Waals surface area (Å²) in [5.74, 6) is 0.398. The molecule has 0 N–H and O–H groups in total. The molecule has 1 aliphatic carbocycles. The van der Waals surface area contributed by atoms with Gasteiger partial charge in [0.15, 0.2) is 0 Å². The van der Waals surface area contributed by atoms with Crippen LogP contribution < -0.4 is 0 Å². The molecule has 1 fully saturated rings. The molecule has 3 rings (SSSR count). The highest BCUT2D eigenvalue weighted by Gasteiger charge is 2.38. The summed E-state index contributed by atoms with van der Waals surface area (Å²) < 4.78 is 5.60. The molecule has 1 saturated carbocycles. The predicted octanol–water partition coefficient (Wildman–Crippen LogP) is 4.17. The van der Waals surface area contributed by atoms with Crippen LogP contribution in [0, 0.1) is 11.3 Å². The number of nitriles is 1. The SMILES string of the molecule is CN(C(=O)CSc1nnc(-c2cccc(Cl)c2)o1)C1(C#N)CCCCC1. The largest absolute Gasteiger partial charge is 0.411 e. The van der Waals surface area contributed by atoms with Crippen molar-refractivity contribution in [3.05, 3.63) is 29.3 Å². The number of hydrogen-bond donors (Lipinski definition) is 0. The molecule has 26 heavy (non-hydrogen) atoms. The first-order valence-corrected chi connectivity index (χ1v) is 9.80. The Bertz CT molecular complexity index is 827. The molecular formula is C18H19ClN4O2S. The van der Waals surface area contributed by atoms with Crippen molar-refractivity contribution in [2.75, 3.05) is 12.8 Å². The second kappa shape index (κ2) is 8.11. The molecule has 2 aromatic rings. The van der Waals surface area contributed by atoms with Crippen LogP contribution >= 0.6 is 23.4 Å². The summed E-state index contributed by atoms with van der Waals surface area (Å²) in [6, 6.07) is 9.49. The quantitative estimate of drug-likeness (QED) is 0.712. The van der Waals surface area contributed by atoms with Gasteiger partial charge in [0, 0.05) is 17.6 Å². The molecule has 136 valence electrons. The van der Waals surface area contributed by atoms with Gasteiger partial charge in [0.25, 0.3) is 5.22 Å². The number of carbonyl (C=O) groups excluding carboxylic acids is 1. The van der Waals surface area contributed by atoms with Gasteiger partial charge in [-0.05, 0) is 31.0 Å². The fraction of sp³-hybridized carbons (Fsp3) is 0.444. The summed E-state index contributed by atoms with van der Waals surface area (Å²) in [5.41, 5.74) is 0.0439. The molecule has 0 bridgehead atoms. The lowest BCUT2D eigenvalue weighted by Gasteiger charge is -2.38. The van der Waals surface area contributed by atoms with Gasteiger partial charge < -0.3 is 9.32 Å². The van der Waals surface area contributed by atoms with Crippen LogP contribution in [0.15, 0.2) is 33.9 Å². The molecule has 0 radical (unpaired) electrons. The molecular weight excluding hydrogens is 372 g/mol. The van der Waals surface area contributed by atoms with Crippen molar-refractivity contribution >= 4 is 29.3 Å². The maximum Gasteiger partial charge on any atom is 0.277 e. The molecule has 1 aliphatic rings. The van der Waals surface area contributed by atoms with Crippen LogP contribution in [0.4, 0.5) is 0 Å². The highest BCUT2D eigenvalue weighted by molar-refractivity contribution is 7.99. The van der Waals surface area contributed by atoms with E-state index < -0.39 is 5.54 Å². The fourth-order valence-electron chi connectivity index (χ4n) is 3.12. The number of hydrogen-bond acceptors (Lipinski definition) is 6. The third-order valence-corrected chi connectivity index (χ3v) is 5.74. The van der Waals surface area contributed by atoms with Gasteiger partial charge >= 0.3 is 0 Å². The second-order valence-corrected chi connectivity index (χ2v) is 7.69. The molecule has 1 amide bonds. The topological polar surface area (TPSA) is 83.0 Å². The average molecular weight is 391 g/mol. The highest BCUT2D eigenvalue weighted by Crippen LogP contribution is 2.33. The van der Waals surface area contributed by atoms with E-state index in [1.807, 2.05) is 6.07 Å². The summed E-state index contributed by atoms with van der Waals surface area (Å²) in [6.07, 6.45) is 4.54. The van der Waals surface area contributed by atoms with Crippen molar-refractivity contribution in [2.24, 2.45) is 0 Å². The van der Waals surface area contributed by atoms with E-state index in [9.17, 15) is 10.1 Å². The zero-order valence-corrected chi connectivity index (χ0v) is 16.0. The third kappa shape index (κ3) is 4.02. The lowest BCUT2D eigenvalue weighted by atomic mass is 9.81. The normalized spacial score (nSPS) is 16.0. The summed E-state index contributed by atoms with van der Waals surface area (Å²) in [7, 11) is 1.71. The van der Waals surface area contributed by atoms with Gasteiger partial charge in [-0.3, -0.25) is 4.79 Å². The minimum Gasteiger partial charge on any atom is -0.411 e. The van der Waals surface area contributed by atoms with Crippen molar-refractivity contribution in [2.45, 2.75) is 42.9 Å². The van der Waals surface area contributed by atoms with E-state index in [1.54, 1.807) is 30.1 Å². The number of carbonyl (C=O) groups is 1. The number of thioether (sulfide) groups is 1. The van der Waals surface area contributed by atoms with Crippen LogP contribution in [0.3, 0.4) is 0 Å². The number of amides is 1. The number of nitrogens with zero attached hydrogens (tertiary/aromatic N) is 4. The second-order valence-electron chi connectivity index (χ2n) is 6.33. The standard InChI is InChI=1S/C18H19ClN4O2S/c1-23(18(12-20)8-3-2-4-9-18)15(24)11-26-17-22-21-16(25-17)13-6-5-7-14(19)10-13/h5-7,10H,2-4,8-9,11H2,1H3. The summed E-state index contributed by atoms with van der Waals surface area (Å²) >= 11 is 7.14. The van der Waals surface area contributed by atoms with Crippen LogP contribution in [0.1, 0.15) is 32.1 Å². The van der Waals surface area contributed by atoms with Crippen molar-refractivity contribution < 1.29 is 9.21 Å². The fourth-order valence-corrected chi connectivity index (χ4v) is 3.99. The Labute approximate surface area is 161 Å². The van der Waals surface area contributed by atoms with E-state index in [-0.39, 0.29) is 11.7 Å². The van der Waals surface area contributed by atoms with Crippen LogP contribution in [0.2, 0.25) is 5.02 Å². The number of rotatable bonds is 5. The van der Waals surface area contributed by atoms with E-state index >= 15 is 0 Å². The van der Waals surface area contributed by atoms with E-state index in [2.05, 4.69) is 16.3 Å². The lowest BCUT2D eigenvalue weighted by Crippen LogP contribution is -2.50. The van der Waals surface area contributed by atoms with Gasteiger partial charge in [-0.15, -0.1) is 10.2 Å². The van der Waals surface area contributed by atoms with Gasteiger partial charge in [-0.1, -0.05) is 48.7 Å². The molecule has 0 spiro atoms. The molecule has 0 unspecified atom stereocenters. The Morgan fingerprint density at radius 2 is 2.15 bits per heavy atom. The van der Waals surface area contributed by atoms with Crippen molar-refractivity contribution in [3.63, 3.8) is 0 Å². The molecule has 0 atom stereocenters. The third-order valence-electron chi connectivity index (χ3n) is 4.70. The summed E-state index contributed by atoms with van der Waals surface area (Å²) in [5, 5.41) is 18.5. The predicted molar refractivity (Wildman–Crippen MR) is 99.7 cm³/mol. The first-order valence-electron chi connectivity index (χ1n) is 8.44. The highest BCUT2D eigenvalue weighted by atomic mass is 35.5. The molecule has 1 heterocycles. The van der Waals surface area contributed by atoms with E-state index in [4.69, 9.17) is 16.0 Å². The molecule has 6 nitrogen and oxygen atoms in total. The summed E-state index contributed by atoms with van der Waals surface area (Å²) in [6.45, 7) is 0. The smallest absolute Gasteiger partial charge is 0.277 e. The average Bonchev–Trinajstić information content (AvgIpc) is 3.15. The Balaban J connectivity index is 1.62. The van der Waals surface area contributed by atoms with Gasteiger partial charge in [0.1, 0.15) is 5.54 Å². The molecule has 0 saturated heterocycles. The first-order chi connectivity index (χ1) is 12.5. The Morgan fingerprint density at radius 1 is 1.38 bits per heavy atom. The van der Waals surface area contributed by atoms with Gasteiger partial charge in [-0.2, -0.15) is 5.26 Å². The molecule has 8 heteroatoms. The van der Waals surface area contributed by atoms with Crippen LogP contribution in [-0.2, 0) is 4.79 Å². The zero-order chi connectivity index (χ0) is 18.6. The summed E-state index contributed by atoms with van der Waals surface area (Å²) in [4.78, 5) is 14.1. The molecule has 0 aliphatic heterocycles. The van der Waals surface area contributed by atoms with Crippen LogP contribution in [0.5, 0.6) is 0 Å². The Morgan fingerprint density at radius 3 is 2.85 bits per heavy atom. The van der Waals surface area contributed by atoms with Crippen molar-refractivity contribution in [3.8, 4) is 17.5 Å². The maximum atomic E-state index is 12.5. The maximum absolute atomic E-state index is 12.5. The Hall–Kier alpha value is -2.04. The van der Waals surface area contributed by atoms with Gasteiger partial charge in [0.05, 0.1) is 11.8 Å². The van der Waals surface area contributed by atoms with Crippen molar-refractivity contribution in [1.82, 2.24) is 15.1 Å². The van der Waals surface area contributed by atoms with E-state index in [0.717, 1.165) is 37.7 Å². The van der Waals surface area contributed by atoms with E-state index in [1.165, 1.54) is 11.8 Å². The number of benzene rings is 1. The van der Waals surface area contributed by atoms with Gasteiger partial charge in [-0.25, -0.2) is 0 Å². The van der Waals surface area contributed by atoms with Gasteiger partial charge in [0.2, 0.25) is 11.8 Å². The number of aromatic nitrogens is 2. The minimum atomic E-state index is -0.684. The first kappa shape index (κ1) is 18.7. The zero-order valence-electron chi connectivity index (χ0n) is 14.4. The van der Waals surface area contributed by atoms with Crippen LogP contribution in [0.25, 0.3) is 11.5 Å². The van der Waals surface area contributed by atoms with Crippen molar-refractivity contribution in [1.29, 1.82) is 5.26 Å². The van der Waals surface area contributed by atoms with E-state index in [0.29, 0.717) is 16.1 Å². The monoisotopic (exact) mass is 390 g/mol.